The van der Waals surface area contributed by atoms with Gasteiger partial charge in [0, 0.05) is 24.8 Å². The molecule has 0 saturated heterocycles. The third kappa shape index (κ3) is 2.77. The molecular weight excluding hydrogens is 222 g/mol. The van der Waals surface area contributed by atoms with Crippen LogP contribution in [-0.2, 0) is 6.54 Å². The van der Waals surface area contributed by atoms with Crippen molar-refractivity contribution in [2.75, 3.05) is 0 Å². The van der Waals surface area contributed by atoms with Crippen molar-refractivity contribution in [3.63, 3.8) is 0 Å². The Labute approximate surface area is 110 Å². The SMILES string of the molecule is CC(NCc1cncn1C1CC1)C1CCCCC1. The molecule has 2 aliphatic carbocycles. The first kappa shape index (κ1) is 12.2. The lowest BCUT2D eigenvalue weighted by Crippen LogP contribution is -2.34. The molecule has 3 heteroatoms. The largest absolute Gasteiger partial charge is 0.330 e. The Bertz CT molecular complexity index is 375. The molecule has 18 heavy (non-hydrogen) atoms. The molecule has 3 rings (SSSR count). The molecule has 1 heterocycles. The fourth-order valence-corrected chi connectivity index (χ4v) is 3.22. The van der Waals surface area contributed by atoms with Crippen molar-refractivity contribution >= 4 is 0 Å². The molecule has 1 unspecified atom stereocenters. The lowest BCUT2D eigenvalue weighted by atomic mass is 9.84. The zero-order valence-electron chi connectivity index (χ0n) is 11.4. The fraction of sp³-hybridized carbons (Fsp3) is 0.800. The summed E-state index contributed by atoms with van der Waals surface area (Å²) in [5.41, 5.74) is 1.36. The van der Waals surface area contributed by atoms with Crippen LogP contribution >= 0.6 is 0 Å². The fourth-order valence-electron chi connectivity index (χ4n) is 3.22. The lowest BCUT2D eigenvalue weighted by Gasteiger charge is -2.28. The van der Waals surface area contributed by atoms with Crippen LogP contribution in [0.5, 0.6) is 0 Å². The van der Waals surface area contributed by atoms with E-state index in [0.29, 0.717) is 6.04 Å². The van der Waals surface area contributed by atoms with Crippen LogP contribution in [0.2, 0.25) is 0 Å². The van der Waals surface area contributed by atoms with Crippen LogP contribution in [0.15, 0.2) is 12.5 Å². The molecule has 0 amide bonds. The van der Waals surface area contributed by atoms with E-state index in [4.69, 9.17) is 0 Å². The van der Waals surface area contributed by atoms with Crippen LogP contribution in [-0.4, -0.2) is 15.6 Å². The van der Waals surface area contributed by atoms with Crippen LogP contribution in [0, 0.1) is 5.92 Å². The average molecular weight is 247 g/mol. The maximum absolute atomic E-state index is 4.30. The Balaban J connectivity index is 1.51. The number of rotatable bonds is 5. The zero-order valence-corrected chi connectivity index (χ0v) is 11.4. The molecule has 2 saturated carbocycles. The van der Waals surface area contributed by atoms with E-state index in [-0.39, 0.29) is 0 Å². The van der Waals surface area contributed by atoms with E-state index in [9.17, 15) is 0 Å². The first-order valence-electron chi connectivity index (χ1n) is 7.58. The van der Waals surface area contributed by atoms with Gasteiger partial charge in [0.05, 0.1) is 12.0 Å². The van der Waals surface area contributed by atoms with E-state index < -0.39 is 0 Å². The molecule has 0 aliphatic heterocycles. The molecule has 0 radical (unpaired) electrons. The molecular formula is C15H25N3. The Morgan fingerprint density at radius 1 is 1.28 bits per heavy atom. The minimum atomic E-state index is 0.646. The van der Waals surface area contributed by atoms with Gasteiger partial charge in [-0.1, -0.05) is 19.3 Å². The summed E-state index contributed by atoms with van der Waals surface area (Å²) in [6.45, 7) is 3.34. The van der Waals surface area contributed by atoms with Crippen LogP contribution in [0.3, 0.4) is 0 Å². The van der Waals surface area contributed by atoms with Crippen molar-refractivity contribution in [1.82, 2.24) is 14.9 Å². The van der Waals surface area contributed by atoms with Crippen molar-refractivity contribution in [3.05, 3.63) is 18.2 Å². The summed E-state index contributed by atoms with van der Waals surface area (Å²) in [4.78, 5) is 4.30. The number of hydrogen-bond acceptors (Lipinski definition) is 2. The normalized spacial score (nSPS) is 23.2. The van der Waals surface area contributed by atoms with Crippen molar-refractivity contribution in [2.24, 2.45) is 5.92 Å². The maximum atomic E-state index is 4.30. The van der Waals surface area contributed by atoms with Crippen LogP contribution in [0.4, 0.5) is 0 Å². The van der Waals surface area contributed by atoms with Crippen LogP contribution < -0.4 is 5.32 Å². The standard InChI is InChI=1S/C15H25N3/c1-12(13-5-3-2-4-6-13)17-10-15-9-16-11-18(15)14-7-8-14/h9,11-14,17H,2-8,10H2,1H3. The highest BCUT2D eigenvalue weighted by atomic mass is 15.1. The maximum Gasteiger partial charge on any atom is 0.0951 e. The quantitative estimate of drug-likeness (QED) is 0.865. The molecule has 2 fully saturated rings. The Kier molecular flexibility index (Phi) is 3.69. The van der Waals surface area contributed by atoms with E-state index in [1.54, 1.807) is 0 Å². The monoisotopic (exact) mass is 247 g/mol. The van der Waals surface area contributed by atoms with E-state index in [2.05, 4.69) is 21.8 Å². The van der Waals surface area contributed by atoms with Crippen molar-refractivity contribution in [2.45, 2.75) is 70.5 Å². The summed E-state index contributed by atoms with van der Waals surface area (Å²) in [5, 5.41) is 3.72. The van der Waals surface area contributed by atoms with E-state index in [0.717, 1.165) is 18.5 Å². The molecule has 3 nitrogen and oxygen atoms in total. The van der Waals surface area contributed by atoms with Crippen molar-refractivity contribution in [1.29, 1.82) is 0 Å². The smallest absolute Gasteiger partial charge is 0.0951 e. The summed E-state index contributed by atoms with van der Waals surface area (Å²) in [7, 11) is 0. The highest BCUT2D eigenvalue weighted by Gasteiger charge is 2.25. The van der Waals surface area contributed by atoms with E-state index in [1.807, 2.05) is 12.5 Å². The van der Waals surface area contributed by atoms with E-state index >= 15 is 0 Å². The van der Waals surface area contributed by atoms with Gasteiger partial charge in [-0.3, -0.25) is 0 Å². The lowest BCUT2D eigenvalue weighted by molar-refractivity contribution is 0.279. The first-order valence-corrected chi connectivity index (χ1v) is 7.58. The number of aromatic nitrogens is 2. The number of nitrogens with one attached hydrogen (secondary N) is 1. The van der Waals surface area contributed by atoms with Gasteiger partial charge in [-0.25, -0.2) is 4.98 Å². The minimum absolute atomic E-state index is 0.646. The second kappa shape index (κ2) is 5.43. The molecule has 0 spiro atoms. The average Bonchev–Trinajstić information content (AvgIpc) is 3.16. The summed E-state index contributed by atoms with van der Waals surface area (Å²) in [5.74, 6) is 0.885. The summed E-state index contributed by atoms with van der Waals surface area (Å²) in [6, 6.07) is 1.39. The number of nitrogens with zero attached hydrogens (tertiary/aromatic N) is 2. The Morgan fingerprint density at radius 2 is 2.06 bits per heavy atom. The third-order valence-corrected chi connectivity index (χ3v) is 4.65. The van der Waals surface area contributed by atoms with Gasteiger partial charge in [0.15, 0.2) is 0 Å². The Morgan fingerprint density at radius 3 is 2.78 bits per heavy atom. The molecule has 100 valence electrons. The molecule has 1 N–H and O–H groups in total. The van der Waals surface area contributed by atoms with Gasteiger partial charge in [-0.15, -0.1) is 0 Å². The van der Waals surface area contributed by atoms with Gasteiger partial charge >= 0.3 is 0 Å². The second-order valence-electron chi connectivity index (χ2n) is 6.09. The molecule has 1 atom stereocenters. The van der Waals surface area contributed by atoms with Gasteiger partial charge in [-0.2, -0.15) is 0 Å². The predicted molar refractivity (Wildman–Crippen MR) is 73.4 cm³/mol. The minimum Gasteiger partial charge on any atom is -0.330 e. The number of hydrogen-bond donors (Lipinski definition) is 1. The molecule has 2 aliphatic rings. The third-order valence-electron chi connectivity index (χ3n) is 4.65. The molecule has 0 bridgehead atoms. The summed E-state index contributed by atoms with van der Waals surface area (Å²) < 4.78 is 2.36. The van der Waals surface area contributed by atoms with Gasteiger partial charge in [0.1, 0.15) is 0 Å². The Hall–Kier alpha value is -0.830. The van der Waals surface area contributed by atoms with Crippen molar-refractivity contribution < 1.29 is 0 Å². The van der Waals surface area contributed by atoms with Crippen molar-refractivity contribution in [3.8, 4) is 0 Å². The van der Waals surface area contributed by atoms with Gasteiger partial charge in [-0.05, 0) is 38.5 Å². The van der Waals surface area contributed by atoms with E-state index in [1.165, 1.54) is 50.6 Å². The molecule has 1 aromatic rings. The first-order chi connectivity index (χ1) is 8.84. The van der Waals surface area contributed by atoms with Gasteiger partial charge in [0.2, 0.25) is 0 Å². The van der Waals surface area contributed by atoms with Crippen LogP contribution in [0.25, 0.3) is 0 Å². The molecule has 0 aromatic carbocycles. The van der Waals surface area contributed by atoms with Crippen LogP contribution in [0.1, 0.15) is 63.6 Å². The summed E-state index contributed by atoms with van der Waals surface area (Å²) >= 11 is 0. The highest BCUT2D eigenvalue weighted by molar-refractivity contribution is 5.03. The molecule has 1 aromatic heterocycles. The second-order valence-corrected chi connectivity index (χ2v) is 6.09. The number of imidazole rings is 1. The van der Waals surface area contributed by atoms with Gasteiger partial charge in [0.25, 0.3) is 0 Å². The predicted octanol–water partition coefficient (Wildman–Crippen LogP) is 3.28. The summed E-state index contributed by atoms with van der Waals surface area (Å²) in [6.07, 6.45) is 13.8. The topological polar surface area (TPSA) is 29.9 Å². The van der Waals surface area contributed by atoms with Gasteiger partial charge < -0.3 is 9.88 Å². The highest BCUT2D eigenvalue weighted by Crippen LogP contribution is 2.35. The zero-order chi connectivity index (χ0) is 12.4.